The van der Waals surface area contributed by atoms with Gasteiger partial charge in [-0.2, -0.15) is 0 Å². The first-order valence-corrected chi connectivity index (χ1v) is 6.34. The normalized spacial score (nSPS) is 10.4. The molecule has 5 N–H and O–H groups in total. The van der Waals surface area contributed by atoms with Crippen molar-refractivity contribution in [2.75, 3.05) is 23.8 Å². The molecule has 0 saturated carbocycles. The molecule has 0 aliphatic rings. The van der Waals surface area contributed by atoms with Crippen LogP contribution in [0.25, 0.3) is 0 Å². The first-order valence-electron chi connectivity index (χ1n) is 6.34. The van der Waals surface area contributed by atoms with E-state index in [2.05, 4.69) is 39.9 Å². The molecule has 7 nitrogen and oxygen atoms in total. The number of amides is 1. The van der Waals surface area contributed by atoms with E-state index in [0.29, 0.717) is 42.9 Å². The van der Waals surface area contributed by atoms with E-state index in [1.54, 1.807) is 13.0 Å². The Morgan fingerprint density at radius 3 is 2.68 bits per heavy atom. The molecule has 1 aromatic rings. The molecule has 0 aliphatic heterocycles. The summed E-state index contributed by atoms with van der Waals surface area (Å²) in [5.74, 6) is 7.59. The zero-order valence-corrected chi connectivity index (χ0v) is 11.7. The Kier molecular flexibility index (Phi) is 6.01. The molecular weight excluding hydrogens is 244 g/mol. The second kappa shape index (κ2) is 7.52. The van der Waals surface area contributed by atoms with Gasteiger partial charge < -0.3 is 16.1 Å². The first kappa shape index (κ1) is 15.2. The molecule has 0 radical (unpaired) electrons. The van der Waals surface area contributed by atoms with Crippen LogP contribution in [-0.4, -0.2) is 29.0 Å². The minimum atomic E-state index is 0.0316. The van der Waals surface area contributed by atoms with Gasteiger partial charge in [0.2, 0.25) is 5.91 Å². The van der Waals surface area contributed by atoms with Gasteiger partial charge in [0.05, 0.1) is 0 Å². The van der Waals surface area contributed by atoms with Gasteiger partial charge in [0, 0.05) is 25.6 Å². The fraction of sp³-hybridized carbons (Fsp3) is 0.583. The second-order valence-electron chi connectivity index (χ2n) is 4.70. The Morgan fingerprint density at radius 1 is 1.37 bits per heavy atom. The number of nitrogens with two attached hydrogens (primary N) is 1. The van der Waals surface area contributed by atoms with Gasteiger partial charge in [-0.3, -0.25) is 4.79 Å². The molecule has 1 rings (SSSR count). The molecule has 1 aromatic heterocycles. The summed E-state index contributed by atoms with van der Waals surface area (Å²) < 4.78 is 0. The number of carbonyl (C=O) groups excluding carboxylic acids is 1. The molecular formula is C12H22N6O. The van der Waals surface area contributed by atoms with E-state index in [-0.39, 0.29) is 5.91 Å². The fourth-order valence-electron chi connectivity index (χ4n) is 1.44. The van der Waals surface area contributed by atoms with Crippen LogP contribution in [0.3, 0.4) is 0 Å². The SMILES string of the molecule is Cc1nc(NN)cc(NCCC(=O)NCC(C)C)n1. The molecule has 1 heterocycles. The maximum absolute atomic E-state index is 11.5. The quantitative estimate of drug-likeness (QED) is 0.426. The number of hydrogen-bond acceptors (Lipinski definition) is 6. The van der Waals surface area contributed by atoms with Crippen molar-refractivity contribution in [3.8, 4) is 0 Å². The Labute approximate surface area is 113 Å². The van der Waals surface area contributed by atoms with Gasteiger partial charge in [-0.25, -0.2) is 15.8 Å². The lowest BCUT2D eigenvalue weighted by Crippen LogP contribution is -2.28. The van der Waals surface area contributed by atoms with Crippen LogP contribution in [0, 0.1) is 12.8 Å². The maximum Gasteiger partial charge on any atom is 0.221 e. The summed E-state index contributed by atoms with van der Waals surface area (Å²) >= 11 is 0. The van der Waals surface area contributed by atoms with Gasteiger partial charge in [-0.05, 0) is 12.8 Å². The van der Waals surface area contributed by atoms with Gasteiger partial charge in [0.15, 0.2) is 0 Å². The Hall–Kier alpha value is -1.89. The summed E-state index contributed by atoms with van der Waals surface area (Å²) in [5, 5.41) is 5.93. The zero-order chi connectivity index (χ0) is 14.3. The number of anilines is 2. The van der Waals surface area contributed by atoms with Crippen molar-refractivity contribution in [1.82, 2.24) is 15.3 Å². The lowest BCUT2D eigenvalue weighted by Gasteiger charge is -2.09. The summed E-state index contributed by atoms with van der Waals surface area (Å²) in [7, 11) is 0. The summed E-state index contributed by atoms with van der Waals surface area (Å²) in [6.07, 6.45) is 0.404. The number of hydrazine groups is 1. The van der Waals surface area contributed by atoms with Crippen LogP contribution in [0.2, 0.25) is 0 Å². The molecule has 0 fully saturated rings. The van der Waals surface area contributed by atoms with Gasteiger partial charge in [0.1, 0.15) is 17.5 Å². The highest BCUT2D eigenvalue weighted by atomic mass is 16.1. The summed E-state index contributed by atoms with van der Waals surface area (Å²) in [6, 6.07) is 1.69. The van der Waals surface area contributed by atoms with E-state index in [4.69, 9.17) is 5.84 Å². The minimum absolute atomic E-state index is 0.0316. The summed E-state index contributed by atoms with van der Waals surface area (Å²) in [5.41, 5.74) is 2.47. The van der Waals surface area contributed by atoms with Crippen LogP contribution < -0.4 is 21.9 Å². The Morgan fingerprint density at radius 2 is 2.05 bits per heavy atom. The van der Waals surface area contributed by atoms with Gasteiger partial charge in [0.25, 0.3) is 0 Å². The van der Waals surface area contributed by atoms with E-state index in [9.17, 15) is 4.79 Å². The third kappa shape index (κ3) is 6.01. The summed E-state index contributed by atoms with van der Waals surface area (Å²) in [4.78, 5) is 19.8. The van der Waals surface area contributed by atoms with Gasteiger partial charge >= 0.3 is 0 Å². The Bertz CT molecular complexity index is 421. The van der Waals surface area contributed by atoms with Crippen molar-refractivity contribution >= 4 is 17.5 Å². The number of nitrogens with one attached hydrogen (secondary N) is 3. The number of nitrogens with zero attached hydrogens (tertiary/aromatic N) is 2. The lowest BCUT2D eigenvalue weighted by molar-refractivity contribution is -0.120. The first-order chi connectivity index (χ1) is 9.01. The lowest BCUT2D eigenvalue weighted by atomic mass is 10.2. The second-order valence-corrected chi connectivity index (χ2v) is 4.70. The third-order valence-corrected chi connectivity index (χ3v) is 2.35. The molecule has 0 spiro atoms. The molecule has 7 heteroatoms. The van der Waals surface area contributed by atoms with E-state index >= 15 is 0 Å². The van der Waals surface area contributed by atoms with Crippen molar-refractivity contribution in [1.29, 1.82) is 0 Å². The Balaban J connectivity index is 2.36. The molecule has 1 amide bonds. The maximum atomic E-state index is 11.5. The molecule has 0 aliphatic carbocycles. The number of hydrogen-bond donors (Lipinski definition) is 4. The van der Waals surface area contributed by atoms with E-state index in [1.165, 1.54) is 0 Å². The van der Waals surface area contributed by atoms with Crippen LogP contribution in [0.5, 0.6) is 0 Å². The van der Waals surface area contributed by atoms with E-state index in [0.717, 1.165) is 0 Å². The highest BCUT2D eigenvalue weighted by molar-refractivity contribution is 5.76. The van der Waals surface area contributed by atoms with E-state index < -0.39 is 0 Å². The number of rotatable bonds is 7. The molecule has 0 aromatic carbocycles. The fourth-order valence-corrected chi connectivity index (χ4v) is 1.44. The van der Waals surface area contributed by atoms with Crippen molar-refractivity contribution in [2.45, 2.75) is 27.2 Å². The predicted octanol–water partition coefficient (Wildman–Crippen LogP) is 0.645. The average molecular weight is 266 g/mol. The van der Waals surface area contributed by atoms with E-state index in [1.807, 2.05) is 0 Å². The molecule has 106 valence electrons. The topological polar surface area (TPSA) is 105 Å². The number of aryl methyl sites for hydroxylation is 1. The number of nitrogen functional groups attached to an aromatic ring is 1. The molecule has 0 saturated heterocycles. The number of carbonyl (C=O) groups is 1. The summed E-state index contributed by atoms with van der Waals surface area (Å²) in [6.45, 7) is 7.12. The van der Waals surface area contributed by atoms with Crippen LogP contribution in [0.1, 0.15) is 26.1 Å². The van der Waals surface area contributed by atoms with Gasteiger partial charge in [-0.15, -0.1) is 0 Å². The minimum Gasteiger partial charge on any atom is -0.369 e. The van der Waals surface area contributed by atoms with Crippen LogP contribution in [0.4, 0.5) is 11.6 Å². The smallest absolute Gasteiger partial charge is 0.221 e. The third-order valence-electron chi connectivity index (χ3n) is 2.35. The average Bonchev–Trinajstić information content (AvgIpc) is 2.35. The van der Waals surface area contributed by atoms with Crippen LogP contribution in [-0.2, 0) is 4.79 Å². The molecule has 0 unspecified atom stereocenters. The highest BCUT2D eigenvalue weighted by Crippen LogP contribution is 2.09. The van der Waals surface area contributed by atoms with Crippen molar-refractivity contribution in [3.63, 3.8) is 0 Å². The monoisotopic (exact) mass is 266 g/mol. The zero-order valence-electron chi connectivity index (χ0n) is 11.7. The highest BCUT2D eigenvalue weighted by Gasteiger charge is 2.04. The van der Waals surface area contributed by atoms with Crippen molar-refractivity contribution < 1.29 is 4.79 Å². The van der Waals surface area contributed by atoms with Gasteiger partial charge in [-0.1, -0.05) is 13.8 Å². The largest absolute Gasteiger partial charge is 0.369 e. The standard InChI is InChI=1S/C12H22N6O/c1-8(2)7-15-12(19)4-5-14-10-6-11(18-13)17-9(3)16-10/h6,8H,4-5,7,13H2,1-3H3,(H,15,19)(H2,14,16,17,18). The number of aromatic nitrogens is 2. The molecule has 0 bridgehead atoms. The van der Waals surface area contributed by atoms with Crippen LogP contribution in [0.15, 0.2) is 6.07 Å². The molecule has 0 atom stereocenters. The van der Waals surface area contributed by atoms with Crippen molar-refractivity contribution in [2.24, 2.45) is 11.8 Å². The van der Waals surface area contributed by atoms with Crippen LogP contribution >= 0.6 is 0 Å². The van der Waals surface area contributed by atoms with Crippen molar-refractivity contribution in [3.05, 3.63) is 11.9 Å². The predicted molar refractivity (Wildman–Crippen MR) is 75.5 cm³/mol. The molecule has 19 heavy (non-hydrogen) atoms.